The summed E-state index contributed by atoms with van der Waals surface area (Å²) in [5, 5.41) is 9.64. The second kappa shape index (κ2) is 6.54. The van der Waals surface area contributed by atoms with Crippen molar-refractivity contribution in [1.29, 1.82) is 0 Å². The van der Waals surface area contributed by atoms with Crippen molar-refractivity contribution >= 4 is 35.2 Å². The molecule has 0 saturated carbocycles. The molecule has 1 fully saturated rings. The highest BCUT2D eigenvalue weighted by atomic mass is 35.5. The van der Waals surface area contributed by atoms with Crippen LogP contribution in [0.1, 0.15) is 13.3 Å². The number of imide groups is 1. The first-order chi connectivity index (χ1) is 13.0. The Kier molecular flexibility index (Phi) is 4.32. The molecule has 3 aliphatic heterocycles. The summed E-state index contributed by atoms with van der Waals surface area (Å²) < 4.78 is 0. The summed E-state index contributed by atoms with van der Waals surface area (Å²) in [6, 6.07) is 6.40. The fraction of sp³-hybridized carbons (Fsp3) is 0.389. The van der Waals surface area contributed by atoms with E-state index in [0.717, 1.165) is 11.4 Å². The van der Waals surface area contributed by atoms with E-state index >= 15 is 0 Å². The molecule has 27 heavy (non-hydrogen) atoms. The minimum Gasteiger partial charge on any atom is -0.396 e. The van der Waals surface area contributed by atoms with Crippen LogP contribution in [0.2, 0.25) is 5.02 Å². The maximum atomic E-state index is 13.0. The normalized spacial score (nSPS) is 24.3. The molecule has 3 amide bonds. The van der Waals surface area contributed by atoms with Crippen LogP contribution >= 0.6 is 11.6 Å². The second-order valence-electron chi connectivity index (χ2n) is 6.71. The Morgan fingerprint density at radius 3 is 2.70 bits per heavy atom. The molecule has 0 aromatic heterocycles. The number of nitrogens with zero attached hydrogens (tertiary/aromatic N) is 5. The average molecular weight is 390 g/mol. The molecule has 142 valence electrons. The number of allylic oxidation sites excluding steroid dienone is 1. The number of carbonyl (C=O) groups is 2. The molecule has 0 bridgehead atoms. The van der Waals surface area contributed by atoms with E-state index in [1.165, 1.54) is 9.80 Å². The molecule has 1 N–H and O–H groups in total. The number of fused-ring (bicyclic) bond motifs is 3. The van der Waals surface area contributed by atoms with Crippen LogP contribution in [0.4, 0.5) is 10.5 Å². The van der Waals surface area contributed by atoms with E-state index in [1.807, 2.05) is 36.2 Å². The lowest BCUT2D eigenvalue weighted by Crippen LogP contribution is -2.64. The molecular formula is C18H20ClN5O3. The van der Waals surface area contributed by atoms with Gasteiger partial charge < -0.3 is 14.9 Å². The van der Waals surface area contributed by atoms with Gasteiger partial charge in [0.1, 0.15) is 0 Å². The molecule has 3 aliphatic rings. The lowest BCUT2D eigenvalue weighted by atomic mass is 10.1. The van der Waals surface area contributed by atoms with E-state index in [-0.39, 0.29) is 19.1 Å². The number of para-hydroxylation sites is 1. The van der Waals surface area contributed by atoms with Gasteiger partial charge in [-0.15, -0.1) is 0 Å². The number of aliphatic imine (C=N–C) groups is 1. The molecule has 9 heteroatoms. The van der Waals surface area contributed by atoms with Crippen molar-refractivity contribution in [2.75, 3.05) is 25.1 Å². The van der Waals surface area contributed by atoms with E-state index in [0.29, 0.717) is 17.4 Å². The van der Waals surface area contributed by atoms with Crippen molar-refractivity contribution in [3.05, 3.63) is 41.2 Å². The van der Waals surface area contributed by atoms with Crippen molar-refractivity contribution in [3.63, 3.8) is 0 Å². The number of hydrogen-bond acceptors (Lipinski definition) is 6. The molecule has 2 atom stereocenters. The number of urea groups is 1. The van der Waals surface area contributed by atoms with Crippen molar-refractivity contribution < 1.29 is 14.7 Å². The predicted octanol–water partition coefficient (Wildman–Crippen LogP) is 1.66. The van der Waals surface area contributed by atoms with Crippen molar-refractivity contribution in [2.24, 2.45) is 4.99 Å². The van der Waals surface area contributed by atoms with Crippen LogP contribution in [0, 0.1) is 0 Å². The summed E-state index contributed by atoms with van der Waals surface area (Å²) in [4.78, 5) is 36.7. The van der Waals surface area contributed by atoms with Crippen molar-refractivity contribution in [1.82, 2.24) is 14.7 Å². The van der Waals surface area contributed by atoms with E-state index in [4.69, 9.17) is 16.7 Å². The minimum absolute atomic E-state index is 0.0837. The monoisotopic (exact) mass is 389 g/mol. The largest absolute Gasteiger partial charge is 0.396 e. The fourth-order valence-electron chi connectivity index (χ4n) is 3.72. The minimum atomic E-state index is -0.621. The SMILES string of the molecule is CC1=CN2C(=NC3C2C(=O)N(CCCO)C(=O)N3C)N1c1ccccc1Cl. The number of anilines is 1. The maximum Gasteiger partial charge on any atom is 0.328 e. The third kappa shape index (κ3) is 2.59. The van der Waals surface area contributed by atoms with E-state index in [9.17, 15) is 9.59 Å². The van der Waals surface area contributed by atoms with Crippen LogP contribution in [-0.2, 0) is 4.79 Å². The first-order valence-electron chi connectivity index (χ1n) is 8.74. The molecular weight excluding hydrogens is 370 g/mol. The lowest BCUT2D eigenvalue weighted by molar-refractivity contribution is -0.136. The number of amides is 3. The highest BCUT2D eigenvalue weighted by Gasteiger charge is 2.54. The zero-order valence-electron chi connectivity index (χ0n) is 15.0. The molecule has 0 radical (unpaired) electrons. The number of aliphatic hydroxyl groups excluding tert-OH is 1. The Hall–Kier alpha value is -2.58. The lowest BCUT2D eigenvalue weighted by Gasteiger charge is -2.40. The summed E-state index contributed by atoms with van der Waals surface area (Å²) in [5.74, 6) is 0.271. The Balaban J connectivity index is 1.71. The van der Waals surface area contributed by atoms with Gasteiger partial charge in [-0.1, -0.05) is 23.7 Å². The number of benzene rings is 1. The number of hydrogen-bond donors (Lipinski definition) is 1. The maximum absolute atomic E-state index is 13.0. The topological polar surface area (TPSA) is 79.7 Å². The molecule has 1 aromatic carbocycles. The Bertz CT molecular complexity index is 870. The van der Waals surface area contributed by atoms with Gasteiger partial charge in [-0.05, 0) is 25.5 Å². The summed E-state index contributed by atoms with van der Waals surface area (Å²) in [6.45, 7) is 2.02. The van der Waals surface area contributed by atoms with Crippen LogP contribution < -0.4 is 4.90 Å². The molecule has 1 saturated heterocycles. The standard InChI is InChI=1S/C18H20ClN5O3/c1-11-10-23-14-15(21(2)18(27)22(16(14)26)8-5-9-25)20-17(23)24(11)13-7-4-3-6-12(13)19/h3-4,6-7,10,14-15,25H,5,8-9H2,1-2H3. The molecule has 0 spiro atoms. The number of halogens is 1. The van der Waals surface area contributed by atoms with Gasteiger partial charge in [-0.3, -0.25) is 14.6 Å². The molecule has 0 aliphatic carbocycles. The highest BCUT2D eigenvalue weighted by Crippen LogP contribution is 2.38. The number of likely N-dealkylation sites (N-methyl/N-ethyl adjacent to an activating group) is 1. The van der Waals surface area contributed by atoms with E-state index in [2.05, 4.69) is 4.99 Å². The third-order valence-corrected chi connectivity index (χ3v) is 5.34. The van der Waals surface area contributed by atoms with Crippen LogP contribution in [0.3, 0.4) is 0 Å². The molecule has 2 unspecified atom stereocenters. The van der Waals surface area contributed by atoms with Crippen LogP contribution in [-0.4, -0.2) is 70.1 Å². The Morgan fingerprint density at radius 2 is 2.00 bits per heavy atom. The van der Waals surface area contributed by atoms with E-state index in [1.54, 1.807) is 18.0 Å². The third-order valence-electron chi connectivity index (χ3n) is 5.02. The summed E-state index contributed by atoms with van der Waals surface area (Å²) >= 11 is 6.37. The summed E-state index contributed by atoms with van der Waals surface area (Å²) in [5.41, 5.74) is 1.65. The zero-order valence-corrected chi connectivity index (χ0v) is 15.8. The first kappa shape index (κ1) is 17.8. The van der Waals surface area contributed by atoms with Gasteiger partial charge in [0.15, 0.2) is 12.2 Å². The quantitative estimate of drug-likeness (QED) is 0.847. The summed E-state index contributed by atoms with van der Waals surface area (Å²) in [6.07, 6.45) is 1.61. The van der Waals surface area contributed by atoms with Gasteiger partial charge in [-0.2, -0.15) is 0 Å². The van der Waals surface area contributed by atoms with Crippen molar-refractivity contribution in [2.45, 2.75) is 25.6 Å². The fourth-order valence-corrected chi connectivity index (χ4v) is 3.94. The van der Waals surface area contributed by atoms with Crippen LogP contribution in [0.5, 0.6) is 0 Å². The van der Waals surface area contributed by atoms with Gasteiger partial charge in [0.2, 0.25) is 5.96 Å². The average Bonchev–Trinajstić information content (AvgIpc) is 3.15. The smallest absolute Gasteiger partial charge is 0.328 e. The second-order valence-corrected chi connectivity index (χ2v) is 7.12. The van der Waals surface area contributed by atoms with Crippen LogP contribution in [0.25, 0.3) is 0 Å². The van der Waals surface area contributed by atoms with Crippen LogP contribution in [0.15, 0.2) is 41.2 Å². The summed E-state index contributed by atoms with van der Waals surface area (Å²) in [7, 11) is 1.64. The van der Waals surface area contributed by atoms with Crippen molar-refractivity contribution in [3.8, 4) is 0 Å². The van der Waals surface area contributed by atoms with Gasteiger partial charge in [0.25, 0.3) is 5.91 Å². The predicted molar refractivity (Wildman–Crippen MR) is 101 cm³/mol. The van der Waals surface area contributed by atoms with E-state index < -0.39 is 18.2 Å². The van der Waals surface area contributed by atoms with Gasteiger partial charge in [0, 0.05) is 32.1 Å². The number of guanidine groups is 1. The van der Waals surface area contributed by atoms with Gasteiger partial charge >= 0.3 is 6.03 Å². The first-order valence-corrected chi connectivity index (χ1v) is 9.11. The number of rotatable bonds is 4. The van der Waals surface area contributed by atoms with Gasteiger partial charge in [-0.25, -0.2) is 9.79 Å². The number of aliphatic hydroxyl groups is 1. The Morgan fingerprint density at radius 1 is 1.26 bits per heavy atom. The molecule has 1 aromatic rings. The highest BCUT2D eigenvalue weighted by molar-refractivity contribution is 6.34. The molecule has 3 heterocycles. The Labute approximate surface area is 161 Å². The molecule has 8 nitrogen and oxygen atoms in total. The number of carbonyl (C=O) groups excluding carboxylic acids is 2. The molecule has 4 rings (SSSR count). The zero-order chi connectivity index (χ0) is 19.3. The van der Waals surface area contributed by atoms with Gasteiger partial charge in [0.05, 0.1) is 10.7 Å².